The molecule has 1 aliphatic carbocycles. The molecule has 1 N–H and O–H groups in total. The fraction of sp³-hybridized carbons (Fsp3) is 0.647. The maximum Gasteiger partial charge on any atom is 0.125 e. The molecule has 0 heterocycles. The molecule has 1 unspecified atom stereocenters. The van der Waals surface area contributed by atoms with Gasteiger partial charge in [-0.15, -0.1) is 0 Å². The Morgan fingerprint density at radius 2 is 1.90 bits per heavy atom. The number of hydrogen-bond acceptors (Lipinski definition) is 3. The van der Waals surface area contributed by atoms with Crippen molar-refractivity contribution in [2.45, 2.75) is 44.6 Å². The van der Waals surface area contributed by atoms with E-state index in [0.717, 1.165) is 17.7 Å². The summed E-state index contributed by atoms with van der Waals surface area (Å²) in [5, 5.41) is 10.5. The fourth-order valence-corrected chi connectivity index (χ4v) is 2.99. The van der Waals surface area contributed by atoms with Crippen LogP contribution in [0.1, 0.15) is 50.2 Å². The third-order valence-electron chi connectivity index (χ3n) is 4.10. The van der Waals surface area contributed by atoms with E-state index in [2.05, 4.69) is 0 Å². The topological polar surface area (TPSA) is 38.7 Å². The maximum absolute atomic E-state index is 10.5. The van der Waals surface area contributed by atoms with Gasteiger partial charge in [-0.1, -0.05) is 50.3 Å². The molecule has 1 aromatic rings. The van der Waals surface area contributed by atoms with E-state index in [9.17, 15) is 5.11 Å². The van der Waals surface area contributed by atoms with Gasteiger partial charge in [-0.2, -0.15) is 0 Å². The highest BCUT2D eigenvalue weighted by molar-refractivity contribution is 5.35. The Morgan fingerprint density at radius 1 is 1.15 bits per heavy atom. The van der Waals surface area contributed by atoms with Crippen LogP contribution in [0.5, 0.6) is 5.75 Å². The Kier molecular flexibility index (Phi) is 6.34. The minimum Gasteiger partial charge on any atom is -0.491 e. The van der Waals surface area contributed by atoms with Gasteiger partial charge in [-0.25, -0.2) is 0 Å². The first-order valence-corrected chi connectivity index (χ1v) is 7.70. The van der Waals surface area contributed by atoms with Gasteiger partial charge in [0.1, 0.15) is 12.4 Å². The summed E-state index contributed by atoms with van der Waals surface area (Å²) in [4.78, 5) is 0. The lowest BCUT2D eigenvalue weighted by atomic mass is 9.84. The highest BCUT2D eigenvalue weighted by Crippen LogP contribution is 2.34. The monoisotopic (exact) mass is 278 g/mol. The lowest BCUT2D eigenvalue weighted by Gasteiger charge is -2.25. The predicted octanol–water partition coefficient (Wildman–Crippen LogP) is 3.72. The van der Waals surface area contributed by atoms with Crippen molar-refractivity contribution in [3.63, 3.8) is 0 Å². The van der Waals surface area contributed by atoms with Gasteiger partial charge in [-0.05, 0) is 18.4 Å². The van der Waals surface area contributed by atoms with Gasteiger partial charge in [0.2, 0.25) is 0 Å². The van der Waals surface area contributed by atoms with Crippen LogP contribution >= 0.6 is 0 Å². The number of para-hydroxylation sites is 1. The Morgan fingerprint density at radius 3 is 2.65 bits per heavy atom. The van der Waals surface area contributed by atoms with E-state index in [4.69, 9.17) is 9.47 Å². The van der Waals surface area contributed by atoms with Crippen molar-refractivity contribution in [1.29, 1.82) is 0 Å². The molecule has 0 radical (unpaired) electrons. The van der Waals surface area contributed by atoms with Crippen LogP contribution in [0.2, 0.25) is 0 Å². The first-order valence-electron chi connectivity index (χ1n) is 7.70. The molecule has 112 valence electrons. The number of aliphatic hydroxyl groups excluding tert-OH is 1. The highest BCUT2D eigenvalue weighted by Gasteiger charge is 2.20. The summed E-state index contributed by atoms with van der Waals surface area (Å²) < 4.78 is 10.7. The Bertz CT molecular complexity index is 386. The van der Waals surface area contributed by atoms with Crippen molar-refractivity contribution < 1.29 is 14.6 Å². The van der Waals surface area contributed by atoms with Gasteiger partial charge >= 0.3 is 0 Å². The molecule has 0 amide bonds. The molecule has 1 saturated carbocycles. The van der Waals surface area contributed by atoms with Gasteiger partial charge in [0.05, 0.1) is 12.7 Å². The SMILES string of the molecule is COCCOc1ccccc1C(O)CC1CCCCC1. The van der Waals surface area contributed by atoms with Gasteiger partial charge in [0.15, 0.2) is 0 Å². The lowest BCUT2D eigenvalue weighted by molar-refractivity contribution is 0.120. The molecule has 1 atom stereocenters. The molecule has 3 heteroatoms. The smallest absolute Gasteiger partial charge is 0.125 e. The van der Waals surface area contributed by atoms with Crippen molar-refractivity contribution in [1.82, 2.24) is 0 Å². The third kappa shape index (κ3) is 4.50. The number of rotatable bonds is 7. The van der Waals surface area contributed by atoms with E-state index < -0.39 is 6.10 Å². The minimum absolute atomic E-state index is 0.420. The van der Waals surface area contributed by atoms with Gasteiger partial charge in [0.25, 0.3) is 0 Å². The van der Waals surface area contributed by atoms with E-state index in [1.165, 1.54) is 32.1 Å². The zero-order valence-corrected chi connectivity index (χ0v) is 12.4. The van der Waals surface area contributed by atoms with E-state index in [1.807, 2.05) is 24.3 Å². The van der Waals surface area contributed by atoms with Crippen LogP contribution < -0.4 is 4.74 Å². The second-order valence-electron chi connectivity index (χ2n) is 5.63. The number of methoxy groups -OCH3 is 1. The van der Waals surface area contributed by atoms with Gasteiger partial charge in [0, 0.05) is 12.7 Å². The largest absolute Gasteiger partial charge is 0.491 e. The fourth-order valence-electron chi connectivity index (χ4n) is 2.99. The Hall–Kier alpha value is -1.06. The van der Waals surface area contributed by atoms with E-state index in [-0.39, 0.29) is 0 Å². The standard InChI is InChI=1S/C17H26O3/c1-19-11-12-20-17-10-6-5-9-15(17)16(18)13-14-7-3-2-4-8-14/h5-6,9-10,14,16,18H,2-4,7-8,11-13H2,1H3. The molecule has 1 fully saturated rings. The van der Waals surface area contributed by atoms with Crippen molar-refractivity contribution in [3.8, 4) is 5.75 Å². The lowest BCUT2D eigenvalue weighted by Crippen LogP contribution is -2.13. The van der Waals surface area contributed by atoms with Crippen LogP contribution in [0.4, 0.5) is 0 Å². The summed E-state index contributed by atoms with van der Waals surface area (Å²) in [5.74, 6) is 1.44. The van der Waals surface area contributed by atoms with Crippen molar-refractivity contribution >= 4 is 0 Å². The molecule has 0 aliphatic heterocycles. The third-order valence-corrected chi connectivity index (χ3v) is 4.10. The van der Waals surface area contributed by atoms with Crippen molar-refractivity contribution in [2.24, 2.45) is 5.92 Å². The molecule has 2 rings (SSSR count). The summed E-state index contributed by atoms with van der Waals surface area (Å²) in [6, 6.07) is 7.80. The molecule has 1 aromatic carbocycles. The quantitative estimate of drug-likeness (QED) is 0.773. The summed E-state index contributed by atoms with van der Waals surface area (Å²) >= 11 is 0. The summed E-state index contributed by atoms with van der Waals surface area (Å²) in [6.45, 7) is 1.08. The van der Waals surface area contributed by atoms with Crippen LogP contribution in [0.15, 0.2) is 24.3 Å². The van der Waals surface area contributed by atoms with Crippen LogP contribution in [0.25, 0.3) is 0 Å². The van der Waals surface area contributed by atoms with Crippen LogP contribution in [-0.4, -0.2) is 25.4 Å². The van der Waals surface area contributed by atoms with Crippen molar-refractivity contribution in [3.05, 3.63) is 29.8 Å². The summed E-state index contributed by atoms with van der Waals surface area (Å²) in [6.07, 6.45) is 6.91. The summed E-state index contributed by atoms with van der Waals surface area (Å²) in [7, 11) is 1.66. The molecule has 0 bridgehead atoms. The Labute approximate surface area is 121 Å². The number of ether oxygens (including phenoxy) is 2. The van der Waals surface area contributed by atoms with Crippen molar-refractivity contribution in [2.75, 3.05) is 20.3 Å². The zero-order chi connectivity index (χ0) is 14.2. The normalized spacial score (nSPS) is 17.9. The first kappa shape index (κ1) is 15.3. The molecule has 3 nitrogen and oxygen atoms in total. The minimum atomic E-state index is -0.420. The van der Waals surface area contributed by atoms with Gasteiger partial charge < -0.3 is 14.6 Å². The Balaban J connectivity index is 1.95. The molecule has 0 saturated heterocycles. The van der Waals surface area contributed by atoms with Gasteiger partial charge in [-0.3, -0.25) is 0 Å². The summed E-state index contributed by atoms with van der Waals surface area (Å²) in [5.41, 5.74) is 0.911. The van der Waals surface area contributed by atoms with Crippen LogP contribution in [0.3, 0.4) is 0 Å². The van der Waals surface area contributed by atoms with E-state index >= 15 is 0 Å². The van der Waals surface area contributed by atoms with E-state index in [0.29, 0.717) is 19.1 Å². The highest BCUT2D eigenvalue weighted by atomic mass is 16.5. The molecular formula is C17H26O3. The average Bonchev–Trinajstić information content (AvgIpc) is 2.49. The average molecular weight is 278 g/mol. The second-order valence-corrected chi connectivity index (χ2v) is 5.63. The van der Waals surface area contributed by atoms with Crippen LogP contribution in [-0.2, 0) is 4.74 Å². The van der Waals surface area contributed by atoms with E-state index in [1.54, 1.807) is 7.11 Å². The zero-order valence-electron chi connectivity index (χ0n) is 12.4. The first-order chi connectivity index (χ1) is 9.81. The molecular weight excluding hydrogens is 252 g/mol. The predicted molar refractivity (Wildman–Crippen MR) is 80.0 cm³/mol. The molecule has 0 aromatic heterocycles. The maximum atomic E-state index is 10.5. The molecule has 0 spiro atoms. The second kappa shape index (κ2) is 8.28. The number of hydrogen-bond donors (Lipinski definition) is 1. The number of aliphatic hydroxyl groups is 1. The molecule has 1 aliphatic rings. The van der Waals surface area contributed by atoms with Crippen LogP contribution in [0, 0.1) is 5.92 Å². The number of benzene rings is 1. The molecule has 20 heavy (non-hydrogen) atoms.